The fraction of sp³-hybridized carbons (Fsp3) is 0.105. The number of phenolic OH excluding ortho intramolecular Hbond substituents is 1. The van der Waals surface area contributed by atoms with Gasteiger partial charge in [0.2, 0.25) is 0 Å². The topological polar surface area (TPSA) is 95.9 Å². The summed E-state index contributed by atoms with van der Waals surface area (Å²) in [5.74, 6) is -1.43. The van der Waals surface area contributed by atoms with E-state index in [0.29, 0.717) is 22.3 Å². The van der Waals surface area contributed by atoms with E-state index in [-0.39, 0.29) is 17.1 Å². The average molecular weight is 510 g/mol. The monoisotopic (exact) mass is 508 g/mol. The Hall–Kier alpha value is -2.65. The summed E-state index contributed by atoms with van der Waals surface area (Å²) in [7, 11) is 0. The number of aromatic hydroxyl groups is 1. The summed E-state index contributed by atoms with van der Waals surface area (Å²) in [5.41, 5.74) is 0.532. The van der Waals surface area contributed by atoms with E-state index in [1.807, 2.05) is 0 Å². The van der Waals surface area contributed by atoms with Gasteiger partial charge in [-0.1, -0.05) is 31.9 Å². The first kappa shape index (κ1) is 20.1. The number of ether oxygens (including phenoxy) is 1. The van der Waals surface area contributed by atoms with Gasteiger partial charge in [-0.15, -0.1) is 0 Å². The second-order valence-electron chi connectivity index (χ2n) is 5.71. The molecular formula is C19H14Br2N2O5. The van der Waals surface area contributed by atoms with Crippen LogP contribution in [0.15, 0.2) is 50.9 Å². The molecule has 0 unspecified atom stereocenters. The normalized spacial score (nSPS) is 15.8. The van der Waals surface area contributed by atoms with E-state index >= 15 is 0 Å². The predicted octanol–water partition coefficient (Wildman–Crippen LogP) is 3.98. The summed E-state index contributed by atoms with van der Waals surface area (Å²) < 4.78 is 6.57. The van der Waals surface area contributed by atoms with Crippen molar-refractivity contribution in [3.05, 3.63) is 56.5 Å². The second kappa shape index (κ2) is 8.15. The number of carbonyl (C=O) groups excluding carboxylic acids is 3. The number of halogens is 2. The molecular weight excluding hydrogens is 496 g/mol. The van der Waals surface area contributed by atoms with Gasteiger partial charge >= 0.3 is 6.03 Å². The van der Waals surface area contributed by atoms with Gasteiger partial charge in [0.15, 0.2) is 11.5 Å². The fourth-order valence-electron chi connectivity index (χ4n) is 2.58. The van der Waals surface area contributed by atoms with Crippen LogP contribution in [-0.2, 0) is 9.59 Å². The molecule has 1 saturated heterocycles. The van der Waals surface area contributed by atoms with Crippen molar-refractivity contribution in [2.45, 2.75) is 6.92 Å². The SMILES string of the molecule is CCOc1cc(/C=C2\C(=O)NC(=O)N(c3ccc(Br)cc3)C2=O)c(Br)cc1O. The van der Waals surface area contributed by atoms with Crippen LogP contribution in [0.4, 0.5) is 10.5 Å². The molecule has 7 nitrogen and oxygen atoms in total. The molecule has 1 aliphatic rings. The van der Waals surface area contributed by atoms with Crippen LogP contribution >= 0.6 is 31.9 Å². The summed E-state index contributed by atoms with van der Waals surface area (Å²) in [6.45, 7) is 2.09. The van der Waals surface area contributed by atoms with Crippen molar-refractivity contribution in [1.82, 2.24) is 5.32 Å². The molecule has 0 aliphatic carbocycles. The van der Waals surface area contributed by atoms with Gasteiger partial charge < -0.3 is 9.84 Å². The van der Waals surface area contributed by atoms with Crippen molar-refractivity contribution in [3.8, 4) is 11.5 Å². The average Bonchev–Trinajstić information content (AvgIpc) is 2.63. The van der Waals surface area contributed by atoms with Crippen LogP contribution in [0.25, 0.3) is 6.08 Å². The number of urea groups is 1. The van der Waals surface area contributed by atoms with Crippen molar-refractivity contribution in [1.29, 1.82) is 0 Å². The molecule has 4 amide bonds. The Kier molecular flexibility index (Phi) is 5.85. The Labute approximate surface area is 177 Å². The van der Waals surface area contributed by atoms with Crippen molar-refractivity contribution in [2.75, 3.05) is 11.5 Å². The Morgan fingerprint density at radius 3 is 2.46 bits per heavy atom. The minimum absolute atomic E-state index is 0.0815. The van der Waals surface area contributed by atoms with Gasteiger partial charge in [-0.25, -0.2) is 9.69 Å². The molecule has 0 radical (unpaired) electrons. The number of rotatable bonds is 4. The number of nitrogens with zero attached hydrogens (tertiary/aromatic N) is 1. The van der Waals surface area contributed by atoms with Crippen molar-refractivity contribution in [3.63, 3.8) is 0 Å². The van der Waals surface area contributed by atoms with Gasteiger partial charge in [0.1, 0.15) is 5.57 Å². The minimum Gasteiger partial charge on any atom is -0.504 e. The maximum atomic E-state index is 12.9. The smallest absolute Gasteiger partial charge is 0.335 e. The highest BCUT2D eigenvalue weighted by atomic mass is 79.9. The highest BCUT2D eigenvalue weighted by molar-refractivity contribution is 9.10. The van der Waals surface area contributed by atoms with Gasteiger partial charge in [-0.3, -0.25) is 14.9 Å². The lowest BCUT2D eigenvalue weighted by molar-refractivity contribution is -0.122. The number of benzene rings is 2. The number of carbonyl (C=O) groups is 3. The standard InChI is InChI=1S/C19H14Br2N2O5/c1-2-28-16-8-10(14(21)9-15(16)24)7-13-17(25)22-19(27)23(18(13)26)12-5-3-11(20)4-6-12/h3-9,24H,2H2,1H3,(H,22,25,27)/b13-7+. The van der Waals surface area contributed by atoms with Crippen molar-refractivity contribution >= 4 is 61.5 Å². The van der Waals surface area contributed by atoms with Gasteiger partial charge in [-0.05, 0) is 55.0 Å². The van der Waals surface area contributed by atoms with E-state index in [0.717, 1.165) is 9.37 Å². The molecule has 0 spiro atoms. The molecule has 3 rings (SSSR count). The van der Waals surface area contributed by atoms with Crippen LogP contribution in [-0.4, -0.2) is 29.6 Å². The molecule has 1 heterocycles. The number of phenols is 1. The molecule has 0 aromatic heterocycles. The zero-order chi connectivity index (χ0) is 20.4. The Balaban J connectivity index is 2.04. The highest BCUT2D eigenvalue weighted by Crippen LogP contribution is 2.34. The second-order valence-corrected chi connectivity index (χ2v) is 7.48. The van der Waals surface area contributed by atoms with Crippen LogP contribution in [0.5, 0.6) is 11.5 Å². The molecule has 0 saturated carbocycles. The van der Waals surface area contributed by atoms with E-state index in [2.05, 4.69) is 37.2 Å². The third-order valence-electron chi connectivity index (χ3n) is 3.86. The molecule has 2 aromatic carbocycles. The Morgan fingerprint density at radius 1 is 1.14 bits per heavy atom. The van der Waals surface area contributed by atoms with Crippen LogP contribution in [0.3, 0.4) is 0 Å². The van der Waals surface area contributed by atoms with E-state index in [1.54, 1.807) is 31.2 Å². The van der Waals surface area contributed by atoms with Crippen LogP contribution in [0, 0.1) is 0 Å². The lowest BCUT2D eigenvalue weighted by Crippen LogP contribution is -2.54. The molecule has 144 valence electrons. The minimum atomic E-state index is -0.825. The molecule has 2 N–H and O–H groups in total. The number of anilines is 1. The number of nitrogens with one attached hydrogen (secondary N) is 1. The summed E-state index contributed by atoms with van der Waals surface area (Å²) in [4.78, 5) is 38.3. The maximum Gasteiger partial charge on any atom is 0.335 e. The zero-order valence-corrected chi connectivity index (χ0v) is 17.7. The number of hydrogen-bond acceptors (Lipinski definition) is 5. The van der Waals surface area contributed by atoms with Gasteiger partial charge in [0, 0.05) is 8.95 Å². The van der Waals surface area contributed by atoms with Crippen molar-refractivity contribution in [2.24, 2.45) is 0 Å². The molecule has 28 heavy (non-hydrogen) atoms. The van der Waals surface area contributed by atoms with Crippen LogP contribution < -0.4 is 15.0 Å². The summed E-state index contributed by atoms with van der Waals surface area (Å²) in [5, 5.41) is 12.1. The molecule has 0 bridgehead atoms. The highest BCUT2D eigenvalue weighted by Gasteiger charge is 2.36. The summed E-state index contributed by atoms with van der Waals surface area (Å²) >= 11 is 6.58. The Morgan fingerprint density at radius 2 is 1.82 bits per heavy atom. The van der Waals surface area contributed by atoms with Crippen LogP contribution in [0.2, 0.25) is 0 Å². The van der Waals surface area contributed by atoms with Crippen molar-refractivity contribution < 1.29 is 24.2 Å². The largest absolute Gasteiger partial charge is 0.504 e. The first-order valence-corrected chi connectivity index (χ1v) is 9.72. The van der Waals surface area contributed by atoms with Gasteiger partial charge in [0.05, 0.1) is 12.3 Å². The number of barbiturate groups is 1. The molecule has 1 aliphatic heterocycles. The Bertz CT molecular complexity index is 1000. The van der Waals surface area contributed by atoms with E-state index in [4.69, 9.17) is 4.74 Å². The molecule has 9 heteroatoms. The number of amides is 4. The first-order chi connectivity index (χ1) is 13.3. The zero-order valence-electron chi connectivity index (χ0n) is 14.5. The third-order valence-corrected chi connectivity index (χ3v) is 5.08. The lowest BCUT2D eigenvalue weighted by Gasteiger charge is -2.26. The van der Waals surface area contributed by atoms with E-state index in [1.165, 1.54) is 18.2 Å². The molecule has 1 fully saturated rings. The molecule has 2 aromatic rings. The first-order valence-electron chi connectivity index (χ1n) is 8.14. The number of hydrogen-bond donors (Lipinski definition) is 2. The predicted molar refractivity (Wildman–Crippen MR) is 110 cm³/mol. The summed E-state index contributed by atoms with van der Waals surface area (Å²) in [6, 6.07) is 8.60. The maximum absolute atomic E-state index is 12.9. The van der Waals surface area contributed by atoms with Crippen LogP contribution in [0.1, 0.15) is 12.5 Å². The quantitative estimate of drug-likeness (QED) is 0.480. The lowest BCUT2D eigenvalue weighted by atomic mass is 10.1. The number of imide groups is 2. The van der Waals surface area contributed by atoms with E-state index in [9.17, 15) is 19.5 Å². The summed E-state index contributed by atoms with van der Waals surface area (Å²) in [6.07, 6.45) is 1.34. The van der Waals surface area contributed by atoms with Gasteiger partial charge in [0.25, 0.3) is 11.8 Å². The molecule has 0 atom stereocenters. The van der Waals surface area contributed by atoms with E-state index < -0.39 is 17.8 Å². The third kappa shape index (κ3) is 3.95. The van der Waals surface area contributed by atoms with Gasteiger partial charge in [-0.2, -0.15) is 0 Å². The fourth-order valence-corrected chi connectivity index (χ4v) is 3.29.